The molecule has 0 aliphatic carbocycles. The number of nitro groups is 1. The van der Waals surface area contributed by atoms with E-state index in [1.807, 2.05) is 11.4 Å². The number of nitro benzene ring substituents is 1. The molecule has 3 aromatic carbocycles. The number of methoxy groups -OCH3 is 1. The van der Waals surface area contributed by atoms with Crippen molar-refractivity contribution < 1.29 is 19.2 Å². The Morgan fingerprint density at radius 2 is 1.85 bits per heavy atom. The van der Waals surface area contributed by atoms with Crippen LogP contribution in [0.4, 0.5) is 10.8 Å². The van der Waals surface area contributed by atoms with Crippen molar-refractivity contribution in [1.82, 2.24) is 4.98 Å². The van der Waals surface area contributed by atoms with Crippen LogP contribution in [-0.2, 0) is 0 Å². The fourth-order valence-corrected chi connectivity index (χ4v) is 3.62. The molecule has 34 heavy (non-hydrogen) atoms. The highest BCUT2D eigenvalue weighted by Gasteiger charge is 2.12. The molecule has 170 valence electrons. The predicted octanol–water partition coefficient (Wildman–Crippen LogP) is 5.39. The summed E-state index contributed by atoms with van der Waals surface area (Å²) in [6.07, 6.45) is 1.58. The van der Waals surface area contributed by atoms with Gasteiger partial charge in [-0.25, -0.2) is 9.78 Å². The quantitative estimate of drug-likeness (QED) is 0.120. The number of non-ortho nitro benzene ring substituents is 1. The number of anilines is 1. The summed E-state index contributed by atoms with van der Waals surface area (Å²) in [4.78, 5) is 27.1. The van der Waals surface area contributed by atoms with Gasteiger partial charge in [0.05, 0.1) is 29.5 Å². The van der Waals surface area contributed by atoms with Gasteiger partial charge in [0.25, 0.3) is 5.69 Å². The highest BCUT2D eigenvalue weighted by atomic mass is 32.1. The molecule has 0 atom stereocenters. The highest BCUT2D eigenvalue weighted by Crippen LogP contribution is 2.29. The Labute approximate surface area is 198 Å². The van der Waals surface area contributed by atoms with Crippen LogP contribution in [0, 0.1) is 10.1 Å². The zero-order valence-electron chi connectivity index (χ0n) is 17.9. The number of benzene rings is 3. The first-order valence-corrected chi connectivity index (χ1v) is 10.9. The molecule has 9 nitrogen and oxygen atoms in total. The first-order chi connectivity index (χ1) is 16.5. The van der Waals surface area contributed by atoms with E-state index in [1.54, 1.807) is 60.8 Å². The number of hydrogen-bond acceptors (Lipinski definition) is 9. The van der Waals surface area contributed by atoms with Crippen molar-refractivity contribution in [3.05, 3.63) is 99.4 Å². The van der Waals surface area contributed by atoms with Gasteiger partial charge in [-0.15, -0.1) is 11.3 Å². The van der Waals surface area contributed by atoms with E-state index in [4.69, 9.17) is 9.47 Å². The zero-order valence-corrected chi connectivity index (χ0v) is 18.7. The van der Waals surface area contributed by atoms with E-state index in [0.717, 1.165) is 11.1 Å². The molecule has 0 saturated carbocycles. The van der Waals surface area contributed by atoms with E-state index < -0.39 is 10.9 Å². The number of ether oxygens (including phenoxy) is 2. The summed E-state index contributed by atoms with van der Waals surface area (Å²) >= 11 is 1.35. The Hall–Kier alpha value is -4.57. The molecule has 0 aliphatic heterocycles. The van der Waals surface area contributed by atoms with Gasteiger partial charge in [-0.05, 0) is 48.0 Å². The van der Waals surface area contributed by atoms with Crippen LogP contribution < -0.4 is 14.9 Å². The third-order valence-corrected chi connectivity index (χ3v) is 5.40. The highest BCUT2D eigenvalue weighted by molar-refractivity contribution is 7.14. The second kappa shape index (κ2) is 10.4. The van der Waals surface area contributed by atoms with Crippen molar-refractivity contribution >= 4 is 34.3 Å². The molecule has 4 aromatic rings. The fourth-order valence-electron chi connectivity index (χ4n) is 2.96. The molecular weight excluding hydrogens is 456 g/mol. The maximum atomic E-state index is 12.3. The van der Waals surface area contributed by atoms with Gasteiger partial charge in [-0.1, -0.05) is 18.2 Å². The summed E-state index contributed by atoms with van der Waals surface area (Å²) in [5, 5.41) is 17.4. The van der Waals surface area contributed by atoms with Gasteiger partial charge in [-0.2, -0.15) is 5.10 Å². The van der Waals surface area contributed by atoms with Crippen molar-refractivity contribution in [2.24, 2.45) is 5.10 Å². The number of esters is 1. The Morgan fingerprint density at radius 1 is 1.09 bits per heavy atom. The largest absolute Gasteiger partial charge is 0.493 e. The number of nitrogens with one attached hydrogen (secondary N) is 1. The van der Waals surface area contributed by atoms with Crippen LogP contribution in [-0.4, -0.2) is 29.2 Å². The summed E-state index contributed by atoms with van der Waals surface area (Å²) < 4.78 is 10.8. The van der Waals surface area contributed by atoms with Gasteiger partial charge in [0, 0.05) is 23.1 Å². The lowest BCUT2D eigenvalue weighted by Crippen LogP contribution is -2.09. The van der Waals surface area contributed by atoms with Crippen LogP contribution in [0.25, 0.3) is 11.3 Å². The summed E-state index contributed by atoms with van der Waals surface area (Å²) in [5.41, 5.74) is 5.50. The van der Waals surface area contributed by atoms with Crippen LogP contribution in [0.3, 0.4) is 0 Å². The van der Waals surface area contributed by atoms with Crippen molar-refractivity contribution in [2.75, 3.05) is 12.5 Å². The number of carbonyl (C=O) groups is 1. The Kier molecular flexibility index (Phi) is 6.89. The fraction of sp³-hybridized carbons (Fsp3) is 0.0417. The second-order valence-electron chi connectivity index (χ2n) is 6.88. The molecule has 1 aromatic heterocycles. The summed E-state index contributed by atoms with van der Waals surface area (Å²) in [7, 11) is 1.49. The lowest BCUT2D eigenvalue weighted by molar-refractivity contribution is -0.384. The monoisotopic (exact) mass is 474 g/mol. The molecule has 4 rings (SSSR count). The standard InChI is InChI=1S/C24H18N4O5S/c1-32-22-13-16(7-12-21(22)33-23(29)18-5-3-2-4-6-18)14-25-27-24-26-20(15-34-24)17-8-10-19(11-9-17)28(30)31/h2-15H,1H3,(H,26,27)/b25-14-. The van der Waals surface area contributed by atoms with Gasteiger partial charge in [0.1, 0.15) is 0 Å². The molecule has 0 saturated heterocycles. The van der Waals surface area contributed by atoms with Crippen molar-refractivity contribution in [3.63, 3.8) is 0 Å². The third-order valence-electron chi connectivity index (χ3n) is 4.65. The van der Waals surface area contributed by atoms with E-state index in [0.29, 0.717) is 27.9 Å². The van der Waals surface area contributed by atoms with Crippen LogP contribution in [0.15, 0.2) is 83.3 Å². The topological polar surface area (TPSA) is 116 Å². The number of hydrogen-bond donors (Lipinski definition) is 1. The normalized spacial score (nSPS) is 10.7. The minimum atomic E-state index is -0.477. The van der Waals surface area contributed by atoms with Crippen LogP contribution in [0.2, 0.25) is 0 Å². The predicted molar refractivity (Wildman–Crippen MR) is 130 cm³/mol. The van der Waals surface area contributed by atoms with Gasteiger partial charge in [0.15, 0.2) is 11.5 Å². The van der Waals surface area contributed by atoms with Crippen LogP contribution in [0.5, 0.6) is 11.5 Å². The maximum absolute atomic E-state index is 12.3. The smallest absolute Gasteiger partial charge is 0.343 e. The summed E-state index contributed by atoms with van der Waals surface area (Å²) in [6, 6.07) is 19.9. The van der Waals surface area contributed by atoms with Gasteiger partial charge in [0.2, 0.25) is 5.13 Å². The molecule has 0 amide bonds. The van der Waals surface area contributed by atoms with E-state index in [9.17, 15) is 14.9 Å². The van der Waals surface area contributed by atoms with Gasteiger partial charge in [-0.3, -0.25) is 15.5 Å². The zero-order chi connectivity index (χ0) is 23.9. The molecule has 10 heteroatoms. The number of aromatic nitrogens is 1. The van der Waals surface area contributed by atoms with E-state index >= 15 is 0 Å². The number of carbonyl (C=O) groups excluding carboxylic acids is 1. The van der Waals surface area contributed by atoms with Crippen molar-refractivity contribution in [3.8, 4) is 22.8 Å². The molecule has 0 unspecified atom stereocenters. The van der Waals surface area contributed by atoms with Crippen molar-refractivity contribution in [1.29, 1.82) is 0 Å². The van der Waals surface area contributed by atoms with Crippen LogP contribution in [0.1, 0.15) is 15.9 Å². The Bertz CT molecular complexity index is 1340. The minimum absolute atomic E-state index is 0.0261. The number of nitrogens with zero attached hydrogens (tertiary/aromatic N) is 3. The maximum Gasteiger partial charge on any atom is 0.343 e. The molecule has 1 N–H and O–H groups in total. The molecule has 0 fully saturated rings. The SMILES string of the molecule is COc1cc(/C=N\Nc2nc(-c3ccc([N+](=O)[O-])cc3)cs2)ccc1OC(=O)c1ccccc1. The third kappa shape index (κ3) is 5.43. The molecule has 0 radical (unpaired) electrons. The number of hydrazone groups is 1. The second-order valence-corrected chi connectivity index (χ2v) is 7.74. The molecule has 0 aliphatic rings. The van der Waals surface area contributed by atoms with E-state index in [2.05, 4.69) is 15.5 Å². The molecular formula is C24H18N4O5S. The summed E-state index contributed by atoms with van der Waals surface area (Å²) in [6.45, 7) is 0. The average Bonchev–Trinajstić information content (AvgIpc) is 3.34. The average molecular weight is 474 g/mol. The summed E-state index contributed by atoms with van der Waals surface area (Å²) in [5.74, 6) is 0.214. The van der Waals surface area contributed by atoms with Crippen LogP contribution >= 0.6 is 11.3 Å². The lowest BCUT2D eigenvalue weighted by Gasteiger charge is -2.09. The van der Waals surface area contributed by atoms with E-state index in [-0.39, 0.29) is 5.69 Å². The number of thiazole rings is 1. The number of rotatable bonds is 8. The van der Waals surface area contributed by atoms with E-state index in [1.165, 1.54) is 30.6 Å². The van der Waals surface area contributed by atoms with Gasteiger partial charge >= 0.3 is 5.97 Å². The lowest BCUT2D eigenvalue weighted by atomic mass is 10.1. The Balaban J connectivity index is 1.40. The first kappa shape index (κ1) is 22.6. The van der Waals surface area contributed by atoms with Crippen molar-refractivity contribution in [2.45, 2.75) is 0 Å². The minimum Gasteiger partial charge on any atom is -0.493 e. The first-order valence-electron chi connectivity index (χ1n) is 9.98. The molecule has 0 spiro atoms. The molecule has 0 bridgehead atoms. The van der Waals surface area contributed by atoms with Gasteiger partial charge < -0.3 is 9.47 Å². The Morgan fingerprint density at radius 3 is 2.56 bits per heavy atom. The molecule has 1 heterocycles.